The third kappa shape index (κ3) is 4.28. The highest BCUT2D eigenvalue weighted by molar-refractivity contribution is 5.83. The summed E-state index contributed by atoms with van der Waals surface area (Å²) < 4.78 is 1.88. The molecule has 3 aliphatic heterocycles. The first-order valence-electron chi connectivity index (χ1n) is 14.8. The van der Waals surface area contributed by atoms with Crippen molar-refractivity contribution in [1.82, 2.24) is 19.9 Å². The predicted octanol–water partition coefficient (Wildman–Crippen LogP) is 4.70. The summed E-state index contributed by atoms with van der Waals surface area (Å²) in [6.07, 6.45) is 2.14. The van der Waals surface area contributed by atoms with Crippen LogP contribution in [0.15, 0.2) is 65.5 Å². The summed E-state index contributed by atoms with van der Waals surface area (Å²) in [7, 11) is 0. The van der Waals surface area contributed by atoms with Gasteiger partial charge in [0.05, 0.1) is 27.9 Å². The van der Waals surface area contributed by atoms with Gasteiger partial charge < -0.3 is 19.8 Å². The number of nitrogens with one attached hydrogen (secondary N) is 2. The SMILES string of the molecule is CC[C@H](C)[C@H](NC(=O)[C@@H]1Cc2cc([N+](=O)[O-])ccc2N2C[C@@H]3C[C@@H](Cn4c3cccc4=O)[C@@H]12)c1nc2ccccc2[nH]1. The molecule has 2 N–H and O–H groups in total. The van der Waals surface area contributed by atoms with Gasteiger partial charge in [-0.3, -0.25) is 19.7 Å². The topological polar surface area (TPSA) is 126 Å². The number of hydrogen-bond acceptors (Lipinski definition) is 6. The number of rotatable bonds is 6. The molecule has 5 heterocycles. The maximum Gasteiger partial charge on any atom is 0.269 e. The normalized spacial score (nSPS) is 23.8. The van der Waals surface area contributed by atoms with Crippen LogP contribution in [0.4, 0.5) is 11.4 Å². The molecule has 2 bridgehead atoms. The van der Waals surface area contributed by atoms with Gasteiger partial charge in [0.15, 0.2) is 0 Å². The minimum atomic E-state index is -0.442. The number of aromatic nitrogens is 3. The van der Waals surface area contributed by atoms with E-state index in [2.05, 4.69) is 29.0 Å². The lowest BCUT2D eigenvalue weighted by molar-refractivity contribution is -0.384. The number of carbonyl (C=O) groups is 1. The lowest BCUT2D eigenvalue weighted by Crippen LogP contribution is -2.61. The molecule has 42 heavy (non-hydrogen) atoms. The van der Waals surface area contributed by atoms with Crippen molar-refractivity contribution in [3.8, 4) is 0 Å². The highest BCUT2D eigenvalue weighted by Gasteiger charge is 2.49. The third-order valence-corrected chi connectivity index (χ3v) is 9.75. The van der Waals surface area contributed by atoms with Crippen LogP contribution >= 0.6 is 0 Å². The van der Waals surface area contributed by atoms with Crippen LogP contribution < -0.4 is 15.8 Å². The summed E-state index contributed by atoms with van der Waals surface area (Å²) in [4.78, 5) is 49.1. The number of para-hydroxylation sites is 2. The number of amides is 1. The van der Waals surface area contributed by atoms with E-state index < -0.39 is 5.92 Å². The van der Waals surface area contributed by atoms with Crippen molar-refractivity contribution in [3.05, 3.63) is 98.2 Å². The minimum Gasteiger partial charge on any atom is -0.366 e. The Bertz CT molecular complexity index is 1730. The number of nitro benzene ring substituents is 1. The van der Waals surface area contributed by atoms with Gasteiger partial charge in [-0.25, -0.2) is 4.98 Å². The van der Waals surface area contributed by atoms with Crippen LogP contribution in [0.2, 0.25) is 0 Å². The van der Waals surface area contributed by atoms with E-state index in [1.54, 1.807) is 18.2 Å². The molecule has 10 heteroatoms. The quantitative estimate of drug-likeness (QED) is 0.257. The Morgan fingerprint density at radius 3 is 2.79 bits per heavy atom. The molecule has 7 rings (SSSR count). The van der Waals surface area contributed by atoms with Crippen molar-refractivity contribution in [2.24, 2.45) is 17.8 Å². The Morgan fingerprint density at radius 1 is 1.17 bits per heavy atom. The molecule has 10 nitrogen and oxygen atoms in total. The second-order valence-corrected chi connectivity index (χ2v) is 12.1. The van der Waals surface area contributed by atoms with Crippen LogP contribution in [0, 0.1) is 27.9 Å². The summed E-state index contributed by atoms with van der Waals surface area (Å²) in [5, 5.41) is 15.0. The van der Waals surface area contributed by atoms with Gasteiger partial charge in [-0.15, -0.1) is 0 Å². The number of piperidine rings is 1. The molecule has 2 aromatic heterocycles. The number of H-pyrrole nitrogens is 1. The Labute approximate surface area is 242 Å². The molecular formula is C32H34N6O4. The first-order valence-corrected chi connectivity index (χ1v) is 14.8. The van der Waals surface area contributed by atoms with Gasteiger partial charge in [0.25, 0.3) is 11.2 Å². The standard InChI is InChI=1S/C32H34N6O4/c1-3-18(2)29(31-33-24-7-4-5-8-25(24)34-31)35-32(40)23-15-19-14-22(38(41)42)11-12-27(19)37-16-20-13-21(30(23)37)17-36-26(20)9-6-10-28(36)39/h4-12,14,18,20-21,23,29-30H,3,13,15-17H2,1-2H3,(H,33,34)(H,35,40)/t18-,20-,21-,23+,29-,30-/m0/s1. The predicted molar refractivity (Wildman–Crippen MR) is 159 cm³/mol. The van der Waals surface area contributed by atoms with Gasteiger partial charge in [0, 0.05) is 54.6 Å². The van der Waals surface area contributed by atoms with Crippen LogP contribution in [0.5, 0.6) is 0 Å². The summed E-state index contributed by atoms with van der Waals surface area (Å²) in [5.41, 5.74) is 4.58. The van der Waals surface area contributed by atoms with Crippen molar-refractivity contribution in [2.75, 3.05) is 11.4 Å². The van der Waals surface area contributed by atoms with E-state index in [0.717, 1.165) is 46.6 Å². The number of aromatic amines is 1. The smallest absolute Gasteiger partial charge is 0.269 e. The van der Waals surface area contributed by atoms with Crippen molar-refractivity contribution < 1.29 is 9.72 Å². The Kier molecular flexibility index (Phi) is 6.36. The van der Waals surface area contributed by atoms with E-state index in [0.29, 0.717) is 19.5 Å². The number of carbonyl (C=O) groups excluding carboxylic acids is 1. The monoisotopic (exact) mass is 566 g/mol. The van der Waals surface area contributed by atoms with Crippen LogP contribution in [0.3, 0.4) is 0 Å². The van der Waals surface area contributed by atoms with Gasteiger partial charge >= 0.3 is 0 Å². The fourth-order valence-electron chi connectivity index (χ4n) is 7.55. The van der Waals surface area contributed by atoms with E-state index in [-0.39, 0.29) is 51.9 Å². The number of non-ortho nitro benzene ring substituents is 1. The van der Waals surface area contributed by atoms with Gasteiger partial charge in [-0.2, -0.15) is 0 Å². The third-order valence-electron chi connectivity index (χ3n) is 9.75. The number of nitro groups is 1. The van der Waals surface area contributed by atoms with Crippen LogP contribution in [-0.2, 0) is 17.8 Å². The second-order valence-electron chi connectivity index (χ2n) is 12.1. The van der Waals surface area contributed by atoms with Crippen molar-refractivity contribution >= 4 is 28.3 Å². The van der Waals surface area contributed by atoms with Crippen molar-refractivity contribution in [3.63, 3.8) is 0 Å². The minimum absolute atomic E-state index is 0.00907. The molecule has 3 aliphatic rings. The molecule has 0 saturated carbocycles. The van der Waals surface area contributed by atoms with Crippen LogP contribution in [0.1, 0.15) is 55.7 Å². The van der Waals surface area contributed by atoms with Crippen molar-refractivity contribution in [1.29, 1.82) is 0 Å². The van der Waals surface area contributed by atoms with Gasteiger partial charge in [0.2, 0.25) is 5.91 Å². The van der Waals surface area contributed by atoms with E-state index in [1.807, 2.05) is 47.0 Å². The number of benzene rings is 2. The summed E-state index contributed by atoms with van der Waals surface area (Å²) in [6, 6.07) is 17.8. The molecule has 2 aromatic carbocycles. The average Bonchev–Trinajstić information content (AvgIpc) is 3.43. The number of pyridine rings is 1. The van der Waals surface area contributed by atoms with Crippen molar-refractivity contribution in [2.45, 2.75) is 57.7 Å². The lowest BCUT2D eigenvalue weighted by Gasteiger charge is -2.54. The van der Waals surface area contributed by atoms with E-state index >= 15 is 0 Å². The lowest BCUT2D eigenvalue weighted by atomic mass is 9.70. The van der Waals surface area contributed by atoms with E-state index in [1.165, 1.54) is 0 Å². The Hall–Kier alpha value is -4.47. The number of anilines is 1. The number of imidazole rings is 1. The fourth-order valence-corrected chi connectivity index (χ4v) is 7.55. The highest BCUT2D eigenvalue weighted by Crippen LogP contribution is 2.48. The average molecular weight is 567 g/mol. The number of fused-ring (bicyclic) bond motifs is 9. The molecule has 216 valence electrons. The second kappa shape index (κ2) is 10.1. The van der Waals surface area contributed by atoms with Crippen LogP contribution in [-0.4, -0.2) is 38.0 Å². The number of hydrogen-bond donors (Lipinski definition) is 2. The summed E-state index contributed by atoms with van der Waals surface area (Å²) in [6.45, 7) is 5.41. The number of nitrogens with zero attached hydrogens (tertiary/aromatic N) is 4. The zero-order chi connectivity index (χ0) is 29.1. The fraction of sp³-hybridized carbons (Fsp3) is 0.406. The summed E-state index contributed by atoms with van der Waals surface area (Å²) in [5.74, 6) is 0.550. The molecule has 1 saturated heterocycles. The van der Waals surface area contributed by atoms with Gasteiger partial charge in [-0.05, 0) is 54.5 Å². The molecule has 0 spiro atoms. The molecule has 1 amide bonds. The summed E-state index contributed by atoms with van der Waals surface area (Å²) >= 11 is 0. The maximum absolute atomic E-state index is 14.4. The van der Waals surface area contributed by atoms with Crippen LogP contribution in [0.25, 0.3) is 11.0 Å². The largest absolute Gasteiger partial charge is 0.366 e. The van der Waals surface area contributed by atoms with E-state index in [4.69, 9.17) is 4.98 Å². The zero-order valence-electron chi connectivity index (χ0n) is 23.7. The van der Waals surface area contributed by atoms with Gasteiger partial charge in [-0.1, -0.05) is 38.5 Å². The Balaban J connectivity index is 1.28. The molecule has 0 aliphatic carbocycles. The maximum atomic E-state index is 14.4. The molecule has 0 unspecified atom stereocenters. The first-order chi connectivity index (χ1) is 20.3. The molecular weight excluding hydrogens is 532 g/mol. The zero-order valence-corrected chi connectivity index (χ0v) is 23.7. The molecule has 1 fully saturated rings. The molecule has 6 atom stereocenters. The molecule has 4 aromatic rings. The Morgan fingerprint density at radius 2 is 2.00 bits per heavy atom. The highest BCUT2D eigenvalue weighted by atomic mass is 16.6. The van der Waals surface area contributed by atoms with E-state index in [9.17, 15) is 19.7 Å². The van der Waals surface area contributed by atoms with Gasteiger partial charge in [0.1, 0.15) is 5.82 Å². The first kappa shape index (κ1) is 26.4. The molecule has 0 radical (unpaired) electrons.